The predicted octanol–water partition coefficient (Wildman–Crippen LogP) is 4.71. The van der Waals surface area contributed by atoms with E-state index in [9.17, 15) is 14.0 Å². The van der Waals surface area contributed by atoms with Gasteiger partial charge in [0, 0.05) is 57.6 Å². The van der Waals surface area contributed by atoms with E-state index in [2.05, 4.69) is 25.1 Å². The van der Waals surface area contributed by atoms with Crippen LogP contribution in [0.5, 0.6) is 0 Å². The maximum atomic E-state index is 13.5. The number of hydrogen-bond acceptors (Lipinski definition) is 5. The van der Waals surface area contributed by atoms with E-state index in [0.717, 1.165) is 53.2 Å². The molecule has 0 aliphatic carbocycles. The van der Waals surface area contributed by atoms with Crippen LogP contribution in [0.3, 0.4) is 0 Å². The Bertz CT molecular complexity index is 1480. The van der Waals surface area contributed by atoms with Crippen LogP contribution >= 0.6 is 0 Å². The highest BCUT2D eigenvalue weighted by Crippen LogP contribution is 2.24. The molecule has 208 valence electrons. The number of halogens is 1. The van der Waals surface area contributed by atoms with Gasteiger partial charge in [-0.15, -0.1) is 0 Å². The van der Waals surface area contributed by atoms with Crippen LogP contribution in [-0.4, -0.2) is 64.3 Å². The van der Waals surface area contributed by atoms with Gasteiger partial charge in [0.1, 0.15) is 11.6 Å². The zero-order chi connectivity index (χ0) is 28.1. The van der Waals surface area contributed by atoms with Crippen LogP contribution in [0.25, 0.3) is 11.0 Å². The van der Waals surface area contributed by atoms with E-state index in [0.29, 0.717) is 31.9 Å². The number of aryl methyl sites for hydroxylation is 1. The SMILES string of the molecule is CC(=O)N1CCCN(Cc2ccc(F)cc2)CCN(CC(=O)Nc2ccc3nc(C)[nH]c3c2)Cc2ccccc21. The van der Waals surface area contributed by atoms with Gasteiger partial charge in [-0.3, -0.25) is 19.4 Å². The van der Waals surface area contributed by atoms with Gasteiger partial charge in [-0.2, -0.15) is 0 Å². The minimum Gasteiger partial charge on any atom is -0.342 e. The van der Waals surface area contributed by atoms with Gasteiger partial charge in [0.15, 0.2) is 0 Å². The first-order valence-corrected chi connectivity index (χ1v) is 13.7. The van der Waals surface area contributed by atoms with Crippen molar-refractivity contribution in [2.75, 3.05) is 42.9 Å². The molecule has 2 N–H and O–H groups in total. The van der Waals surface area contributed by atoms with E-state index < -0.39 is 0 Å². The summed E-state index contributed by atoms with van der Waals surface area (Å²) >= 11 is 0. The smallest absolute Gasteiger partial charge is 0.238 e. The molecule has 0 fully saturated rings. The molecule has 2 amide bonds. The molecule has 3 aromatic carbocycles. The molecule has 8 nitrogen and oxygen atoms in total. The van der Waals surface area contributed by atoms with Gasteiger partial charge in [-0.25, -0.2) is 9.37 Å². The lowest BCUT2D eigenvalue weighted by Gasteiger charge is -2.27. The van der Waals surface area contributed by atoms with Gasteiger partial charge < -0.3 is 15.2 Å². The largest absolute Gasteiger partial charge is 0.342 e. The number of nitrogens with one attached hydrogen (secondary N) is 2. The minimum absolute atomic E-state index is 0.00879. The van der Waals surface area contributed by atoms with E-state index in [1.807, 2.05) is 54.3 Å². The number of H-pyrrole nitrogens is 1. The molecule has 0 bridgehead atoms. The number of hydrogen-bond donors (Lipinski definition) is 2. The van der Waals surface area contributed by atoms with Gasteiger partial charge in [0.25, 0.3) is 0 Å². The minimum atomic E-state index is -0.255. The van der Waals surface area contributed by atoms with Crippen molar-refractivity contribution >= 4 is 34.2 Å². The van der Waals surface area contributed by atoms with Crippen LogP contribution in [0.2, 0.25) is 0 Å². The third-order valence-corrected chi connectivity index (χ3v) is 7.22. The number of carbonyl (C=O) groups is 2. The first-order chi connectivity index (χ1) is 19.3. The van der Waals surface area contributed by atoms with Crippen molar-refractivity contribution in [2.45, 2.75) is 33.4 Å². The highest BCUT2D eigenvalue weighted by molar-refractivity contribution is 5.94. The van der Waals surface area contributed by atoms with Crippen molar-refractivity contribution in [3.8, 4) is 0 Å². The third kappa shape index (κ3) is 6.91. The second-order valence-corrected chi connectivity index (χ2v) is 10.4. The summed E-state index contributed by atoms with van der Waals surface area (Å²) in [6.45, 7) is 7.63. The first-order valence-electron chi connectivity index (χ1n) is 13.7. The van der Waals surface area contributed by atoms with Crippen LogP contribution in [-0.2, 0) is 22.7 Å². The Morgan fingerprint density at radius 1 is 0.975 bits per heavy atom. The molecular formula is C31H35FN6O2. The zero-order valence-electron chi connectivity index (χ0n) is 23.0. The number of aromatic nitrogens is 2. The van der Waals surface area contributed by atoms with E-state index in [-0.39, 0.29) is 24.2 Å². The predicted molar refractivity (Wildman–Crippen MR) is 156 cm³/mol. The summed E-state index contributed by atoms with van der Waals surface area (Å²) in [6, 6.07) is 20.1. The molecule has 1 aromatic heterocycles. The maximum absolute atomic E-state index is 13.5. The Labute approximate surface area is 233 Å². The Morgan fingerprint density at radius 3 is 2.55 bits per heavy atom. The van der Waals surface area contributed by atoms with Gasteiger partial charge in [0.2, 0.25) is 11.8 Å². The number of nitrogens with zero attached hydrogens (tertiary/aromatic N) is 4. The quantitative estimate of drug-likeness (QED) is 0.382. The van der Waals surface area contributed by atoms with E-state index >= 15 is 0 Å². The molecule has 0 saturated heterocycles. The summed E-state index contributed by atoms with van der Waals surface area (Å²) in [7, 11) is 0. The fourth-order valence-electron chi connectivity index (χ4n) is 5.28. The summed E-state index contributed by atoms with van der Waals surface area (Å²) in [5, 5.41) is 3.03. The number of fused-ring (bicyclic) bond motifs is 2. The molecule has 5 rings (SSSR count). The molecule has 0 unspecified atom stereocenters. The number of aromatic amines is 1. The average Bonchev–Trinajstić information content (AvgIpc) is 3.28. The van der Waals surface area contributed by atoms with Gasteiger partial charge in [-0.1, -0.05) is 30.3 Å². The molecule has 0 atom stereocenters. The number of para-hydroxylation sites is 1. The summed E-state index contributed by atoms with van der Waals surface area (Å²) in [5.74, 6) is 0.447. The fourth-order valence-corrected chi connectivity index (χ4v) is 5.28. The van der Waals surface area contributed by atoms with Crippen LogP contribution in [0.15, 0.2) is 66.7 Å². The summed E-state index contributed by atoms with van der Waals surface area (Å²) in [6.07, 6.45) is 0.797. The number of rotatable bonds is 5. The third-order valence-electron chi connectivity index (χ3n) is 7.22. The van der Waals surface area contributed by atoms with Crippen molar-refractivity contribution in [1.82, 2.24) is 19.8 Å². The van der Waals surface area contributed by atoms with Crippen LogP contribution < -0.4 is 10.2 Å². The number of carbonyl (C=O) groups excluding carboxylic acids is 2. The maximum Gasteiger partial charge on any atom is 0.238 e. The molecule has 9 heteroatoms. The van der Waals surface area contributed by atoms with Crippen molar-refractivity contribution in [2.24, 2.45) is 0 Å². The summed E-state index contributed by atoms with van der Waals surface area (Å²) in [5.41, 5.74) is 5.35. The van der Waals surface area contributed by atoms with Gasteiger partial charge in [0.05, 0.1) is 17.6 Å². The lowest BCUT2D eigenvalue weighted by molar-refractivity contribution is -0.118. The highest BCUT2D eigenvalue weighted by atomic mass is 19.1. The zero-order valence-corrected chi connectivity index (χ0v) is 23.0. The van der Waals surface area contributed by atoms with E-state index in [4.69, 9.17) is 0 Å². The Balaban J connectivity index is 1.36. The fraction of sp³-hybridized carbons (Fsp3) is 0.323. The Hall–Kier alpha value is -4.08. The van der Waals surface area contributed by atoms with Gasteiger partial charge >= 0.3 is 0 Å². The number of amides is 2. The molecule has 0 saturated carbocycles. The Kier molecular flexibility index (Phi) is 8.52. The molecule has 40 heavy (non-hydrogen) atoms. The number of benzene rings is 3. The van der Waals surface area contributed by atoms with E-state index in [1.165, 1.54) is 12.1 Å². The van der Waals surface area contributed by atoms with Crippen LogP contribution in [0.1, 0.15) is 30.3 Å². The first kappa shape index (κ1) is 27.5. The van der Waals surface area contributed by atoms with Crippen molar-refractivity contribution < 1.29 is 14.0 Å². The molecule has 4 aromatic rings. The topological polar surface area (TPSA) is 84.6 Å². The normalized spacial score (nSPS) is 15.4. The van der Waals surface area contributed by atoms with Crippen molar-refractivity contribution in [3.05, 3.63) is 89.5 Å². The van der Waals surface area contributed by atoms with Crippen LogP contribution in [0, 0.1) is 12.7 Å². The average molecular weight is 543 g/mol. The molecular weight excluding hydrogens is 507 g/mol. The monoisotopic (exact) mass is 542 g/mol. The number of imidazole rings is 1. The van der Waals surface area contributed by atoms with Crippen LogP contribution in [0.4, 0.5) is 15.8 Å². The Morgan fingerprint density at radius 2 is 1.75 bits per heavy atom. The van der Waals surface area contributed by atoms with Crippen molar-refractivity contribution in [1.29, 1.82) is 0 Å². The summed E-state index contributed by atoms with van der Waals surface area (Å²) in [4.78, 5) is 39.8. The molecule has 0 spiro atoms. The summed E-state index contributed by atoms with van der Waals surface area (Å²) < 4.78 is 13.5. The van der Waals surface area contributed by atoms with E-state index in [1.54, 1.807) is 19.1 Å². The lowest BCUT2D eigenvalue weighted by Crippen LogP contribution is -2.39. The second kappa shape index (κ2) is 12.4. The number of anilines is 2. The molecule has 0 radical (unpaired) electrons. The lowest BCUT2D eigenvalue weighted by atomic mass is 10.1. The second-order valence-electron chi connectivity index (χ2n) is 10.4. The highest BCUT2D eigenvalue weighted by Gasteiger charge is 2.21. The van der Waals surface area contributed by atoms with Gasteiger partial charge in [-0.05, 0) is 60.9 Å². The molecule has 1 aliphatic rings. The van der Waals surface area contributed by atoms with Crippen molar-refractivity contribution in [3.63, 3.8) is 0 Å². The molecule has 2 heterocycles. The standard InChI is InChI=1S/C31H35FN6O2/c1-22-33-28-13-12-27(18-29(28)34-22)35-31(40)21-37-17-16-36(19-24-8-10-26(32)11-9-24)14-5-15-38(23(2)39)30-7-4-3-6-25(30)20-37/h3-4,6-13,18H,5,14-17,19-21H2,1-2H3,(H,33,34)(H,35,40). The molecule has 1 aliphatic heterocycles.